The highest BCUT2D eigenvalue weighted by molar-refractivity contribution is 7.92. The van der Waals surface area contributed by atoms with E-state index in [0.717, 1.165) is 30.3 Å². The van der Waals surface area contributed by atoms with Crippen molar-refractivity contribution in [1.29, 1.82) is 0 Å². The highest BCUT2D eigenvalue weighted by atomic mass is 32.2. The number of anilines is 1. The van der Waals surface area contributed by atoms with E-state index < -0.39 is 60.7 Å². The first-order chi connectivity index (χ1) is 15.0. The second-order valence-electron chi connectivity index (χ2n) is 8.42. The molecule has 1 heterocycles. The maximum Gasteiger partial charge on any atom is 0.417 e. The first-order valence-corrected chi connectivity index (χ1v) is 11.3. The van der Waals surface area contributed by atoms with Crippen LogP contribution in [0.3, 0.4) is 0 Å². The van der Waals surface area contributed by atoms with Gasteiger partial charge in [-0.15, -0.1) is 0 Å². The van der Waals surface area contributed by atoms with Gasteiger partial charge in [0.2, 0.25) is 5.91 Å². The summed E-state index contributed by atoms with van der Waals surface area (Å²) in [6.07, 6.45) is -8.37. The first-order valence-electron chi connectivity index (χ1n) is 9.79. The minimum atomic E-state index is -4.69. The SMILES string of the molecule is CC(C)(C1CC(C(=O)Nc2ccc(C(F)(F)F)cn2)C1)S(=O)(=O)c1cccc(C(F)(F)F)c1. The standard InChI is InChI=1S/C21H20F6N2O3S/c1-19(2,33(31,32)16-5-3-4-13(10-16)20(22,23)24)15-8-12(9-15)18(30)29-17-7-6-14(11-28-17)21(25,26)27/h3-7,10-12,15H,8-9H2,1-2H3,(H,28,29,30). The third kappa shape index (κ3) is 4.99. The number of rotatable bonds is 5. The van der Waals surface area contributed by atoms with Crippen LogP contribution in [0.15, 0.2) is 47.5 Å². The summed E-state index contributed by atoms with van der Waals surface area (Å²) in [5.74, 6) is -1.71. The number of nitrogens with zero attached hydrogens (tertiary/aromatic N) is 1. The Balaban J connectivity index is 1.67. The number of pyridine rings is 1. The summed E-state index contributed by atoms with van der Waals surface area (Å²) in [6, 6.07) is 5.29. The summed E-state index contributed by atoms with van der Waals surface area (Å²) in [5, 5.41) is 2.40. The van der Waals surface area contributed by atoms with Crippen molar-refractivity contribution >= 4 is 21.6 Å². The minimum Gasteiger partial charge on any atom is -0.310 e. The third-order valence-electron chi connectivity index (χ3n) is 6.00. The molecule has 2 aromatic rings. The Labute approximate surface area is 186 Å². The van der Waals surface area contributed by atoms with Crippen LogP contribution in [0.25, 0.3) is 0 Å². The number of hydrogen-bond donors (Lipinski definition) is 1. The zero-order chi connectivity index (χ0) is 24.8. The van der Waals surface area contributed by atoms with E-state index in [1.807, 2.05) is 0 Å². The van der Waals surface area contributed by atoms with Crippen LogP contribution in [0.2, 0.25) is 0 Å². The van der Waals surface area contributed by atoms with Gasteiger partial charge in [0.05, 0.1) is 20.8 Å². The van der Waals surface area contributed by atoms with E-state index in [1.165, 1.54) is 13.8 Å². The van der Waals surface area contributed by atoms with Gasteiger partial charge in [0.25, 0.3) is 0 Å². The highest BCUT2D eigenvalue weighted by Gasteiger charge is 2.50. The maximum atomic E-state index is 13.1. The van der Waals surface area contributed by atoms with Crippen LogP contribution < -0.4 is 5.32 Å². The van der Waals surface area contributed by atoms with E-state index >= 15 is 0 Å². The summed E-state index contributed by atoms with van der Waals surface area (Å²) >= 11 is 0. The number of sulfone groups is 1. The van der Waals surface area contributed by atoms with Gasteiger partial charge in [-0.1, -0.05) is 6.07 Å². The van der Waals surface area contributed by atoms with Crippen LogP contribution in [0.5, 0.6) is 0 Å². The van der Waals surface area contributed by atoms with Crippen molar-refractivity contribution in [2.75, 3.05) is 5.32 Å². The fourth-order valence-corrected chi connectivity index (χ4v) is 5.40. The zero-order valence-electron chi connectivity index (χ0n) is 17.5. The molecule has 1 saturated carbocycles. The van der Waals surface area contributed by atoms with E-state index in [4.69, 9.17) is 0 Å². The molecule has 1 fully saturated rings. The van der Waals surface area contributed by atoms with Gasteiger partial charge in [-0.3, -0.25) is 4.79 Å². The van der Waals surface area contributed by atoms with Crippen molar-refractivity contribution in [1.82, 2.24) is 4.98 Å². The molecule has 1 aliphatic rings. The molecule has 180 valence electrons. The van der Waals surface area contributed by atoms with Crippen molar-refractivity contribution in [3.05, 3.63) is 53.7 Å². The predicted octanol–water partition coefficient (Wildman–Crippen LogP) is 5.34. The van der Waals surface area contributed by atoms with Gasteiger partial charge in [0.15, 0.2) is 9.84 Å². The van der Waals surface area contributed by atoms with Gasteiger partial charge in [-0.25, -0.2) is 13.4 Å². The number of carbonyl (C=O) groups is 1. The molecule has 12 heteroatoms. The molecule has 1 aromatic carbocycles. The van der Waals surface area contributed by atoms with E-state index in [1.54, 1.807) is 0 Å². The van der Waals surface area contributed by atoms with E-state index in [0.29, 0.717) is 12.3 Å². The molecule has 0 saturated heterocycles. The molecular formula is C21H20F6N2O3S. The molecule has 3 rings (SSSR count). The summed E-state index contributed by atoms with van der Waals surface area (Å²) in [4.78, 5) is 15.5. The lowest BCUT2D eigenvalue weighted by molar-refractivity contribution is -0.138. The molecule has 0 spiro atoms. The van der Waals surface area contributed by atoms with E-state index in [-0.39, 0.29) is 18.7 Å². The highest BCUT2D eigenvalue weighted by Crippen LogP contribution is 2.47. The Morgan fingerprint density at radius 3 is 2.09 bits per heavy atom. The monoisotopic (exact) mass is 494 g/mol. The lowest BCUT2D eigenvalue weighted by Gasteiger charge is -2.44. The Kier molecular flexibility index (Phi) is 6.29. The van der Waals surface area contributed by atoms with Gasteiger partial charge in [0.1, 0.15) is 5.82 Å². The Bertz CT molecular complexity index is 1140. The number of amides is 1. The Morgan fingerprint density at radius 1 is 0.970 bits per heavy atom. The lowest BCUT2D eigenvalue weighted by Crippen LogP contribution is -2.49. The molecule has 33 heavy (non-hydrogen) atoms. The van der Waals surface area contributed by atoms with Gasteiger partial charge < -0.3 is 5.32 Å². The summed E-state index contributed by atoms with van der Waals surface area (Å²) in [7, 11) is -4.16. The first kappa shape index (κ1) is 25.0. The van der Waals surface area contributed by atoms with Crippen LogP contribution in [0, 0.1) is 11.8 Å². The molecule has 1 aromatic heterocycles. The molecule has 0 aliphatic heterocycles. The van der Waals surface area contributed by atoms with E-state index in [2.05, 4.69) is 10.3 Å². The minimum absolute atomic E-state index is 0.0766. The zero-order valence-corrected chi connectivity index (χ0v) is 18.3. The van der Waals surface area contributed by atoms with Crippen molar-refractivity contribution < 1.29 is 39.6 Å². The number of carbonyl (C=O) groups excluding carboxylic acids is 1. The van der Waals surface area contributed by atoms with Crippen molar-refractivity contribution in [3.8, 4) is 0 Å². The number of hydrogen-bond acceptors (Lipinski definition) is 4. The molecule has 0 unspecified atom stereocenters. The van der Waals surface area contributed by atoms with Crippen LogP contribution in [-0.4, -0.2) is 24.1 Å². The molecule has 1 N–H and O–H groups in total. The van der Waals surface area contributed by atoms with Crippen molar-refractivity contribution in [2.45, 2.75) is 48.7 Å². The third-order valence-corrected chi connectivity index (χ3v) is 8.59. The fourth-order valence-electron chi connectivity index (χ4n) is 3.63. The molecular weight excluding hydrogens is 474 g/mol. The van der Waals surface area contributed by atoms with Crippen LogP contribution in [0.4, 0.5) is 32.2 Å². The van der Waals surface area contributed by atoms with Gasteiger partial charge in [0, 0.05) is 12.1 Å². The molecule has 0 atom stereocenters. The van der Waals surface area contributed by atoms with Gasteiger partial charge in [-0.05, 0) is 62.9 Å². The molecule has 1 amide bonds. The number of aromatic nitrogens is 1. The van der Waals surface area contributed by atoms with E-state index in [9.17, 15) is 39.6 Å². The largest absolute Gasteiger partial charge is 0.417 e. The number of alkyl halides is 6. The van der Waals surface area contributed by atoms with Crippen LogP contribution in [-0.2, 0) is 27.0 Å². The second-order valence-corrected chi connectivity index (χ2v) is 10.9. The molecule has 0 radical (unpaired) electrons. The van der Waals surface area contributed by atoms with Crippen molar-refractivity contribution in [2.24, 2.45) is 11.8 Å². The smallest absolute Gasteiger partial charge is 0.310 e. The average molecular weight is 494 g/mol. The summed E-state index contributed by atoms with van der Waals surface area (Å²) < 4.78 is 101. The van der Waals surface area contributed by atoms with Crippen LogP contribution >= 0.6 is 0 Å². The molecule has 5 nitrogen and oxygen atoms in total. The summed E-state index contributed by atoms with van der Waals surface area (Å²) in [5.41, 5.74) is -2.04. The number of nitrogens with one attached hydrogen (secondary N) is 1. The fraction of sp³-hybridized carbons (Fsp3) is 0.429. The van der Waals surface area contributed by atoms with Gasteiger partial charge in [-0.2, -0.15) is 26.3 Å². The van der Waals surface area contributed by atoms with Crippen molar-refractivity contribution in [3.63, 3.8) is 0 Å². The lowest BCUT2D eigenvalue weighted by atomic mass is 9.68. The summed E-state index contributed by atoms with van der Waals surface area (Å²) in [6.45, 7) is 2.80. The topological polar surface area (TPSA) is 76.1 Å². The normalized spacial score (nSPS) is 19.6. The van der Waals surface area contributed by atoms with Crippen LogP contribution in [0.1, 0.15) is 37.8 Å². The second kappa shape index (κ2) is 8.30. The molecule has 1 aliphatic carbocycles. The Hall–Kier alpha value is -2.63. The Morgan fingerprint density at radius 2 is 1.58 bits per heavy atom. The van der Waals surface area contributed by atoms with Gasteiger partial charge >= 0.3 is 12.4 Å². The quantitative estimate of drug-likeness (QED) is 0.570. The number of halogens is 6. The maximum absolute atomic E-state index is 13.1. The molecule has 0 bridgehead atoms. The number of benzene rings is 1. The predicted molar refractivity (Wildman–Crippen MR) is 107 cm³/mol. The average Bonchev–Trinajstić information content (AvgIpc) is 2.65.